The molecule has 0 unspecified atom stereocenters. The number of aryl methyl sites for hydroxylation is 1. The van der Waals surface area contributed by atoms with Gasteiger partial charge in [-0.3, -0.25) is 25.2 Å². The average Bonchev–Trinajstić information content (AvgIpc) is 2.65. The van der Waals surface area contributed by atoms with Crippen LogP contribution >= 0.6 is 11.6 Å². The number of benzene rings is 2. The van der Waals surface area contributed by atoms with Gasteiger partial charge >= 0.3 is 0 Å². The van der Waals surface area contributed by atoms with Crippen LogP contribution in [0.4, 0.5) is 4.39 Å². The Morgan fingerprint density at radius 2 is 1.78 bits per heavy atom. The number of hydrazine groups is 1. The SMILES string of the molecule is Cc1cc(OCC(=O)NNC(=O)CNC(=O)c2ccccc2F)ccc1Cl. The lowest BCUT2D eigenvalue weighted by atomic mass is 10.2. The lowest BCUT2D eigenvalue weighted by Gasteiger charge is -2.10. The molecule has 3 N–H and O–H groups in total. The van der Waals surface area contributed by atoms with Crippen LogP contribution in [0.5, 0.6) is 5.75 Å². The number of hydrogen-bond acceptors (Lipinski definition) is 4. The zero-order chi connectivity index (χ0) is 19.8. The van der Waals surface area contributed by atoms with Crippen molar-refractivity contribution < 1.29 is 23.5 Å². The van der Waals surface area contributed by atoms with E-state index in [1.165, 1.54) is 18.2 Å². The topological polar surface area (TPSA) is 96.5 Å². The van der Waals surface area contributed by atoms with Crippen molar-refractivity contribution in [2.75, 3.05) is 13.2 Å². The van der Waals surface area contributed by atoms with E-state index >= 15 is 0 Å². The second-order valence-corrected chi connectivity index (χ2v) is 5.87. The van der Waals surface area contributed by atoms with Crippen molar-refractivity contribution in [1.82, 2.24) is 16.2 Å². The zero-order valence-corrected chi connectivity index (χ0v) is 15.1. The van der Waals surface area contributed by atoms with Crippen LogP contribution in [-0.2, 0) is 9.59 Å². The maximum Gasteiger partial charge on any atom is 0.276 e. The molecule has 2 aromatic carbocycles. The molecule has 142 valence electrons. The number of carbonyl (C=O) groups excluding carboxylic acids is 3. The van der Waals surface area contributed by atoms with Crippen molar-refractivity contribution in [3.8, 4) is 5.75 Å². The first-order chi connectivity index (χ1) is 12.9. The van der Waals surface area contributed by atoms with E-state index < -0.39 is 30.1 Å². The van der Waals surface area contributed by atoms with Gasteiger partial charge < -0.3 is 10.1 Å². The van der Waals surface area contributed by atoms with Crippen molar-refractivity contribution in [2.45, 2.75) is 6.92 Å². The second kappa shape index (κ2) is 9.54. The van der Waals surface area contributed by atoms with Crippen LogP contribution in [-0.4, -0.2) is 30.9 Å². The molecule has 0 aromatic heterocycles. The van der Waals surface area contributed by atoms with Gasteiger partial charge in [0, 0.05) is 5.02 Å². The molecule has 0 saturated carbocycles. The summed E-state index contributed by atoms with van der Waals surface area (Å²) in [6.45, 7) is 1.03. The van der Waals surface area contributed by atoms with Gasteiger partial charge in [-0.25, -0.2) is 4.39 Å². The van der Waals surface area contributed by atoms with Crippen LogP contribution in [0.1, 0.15) is 15.9 Å². The number of ether oxygens (including phenoxy) is 1. The normalized spacial score (nSPS) is 10.0. The molecule has 0 heterocycles. The van der Waals surface area contributed by atoms with Crippen LogP contribution in [0, 0.1) is 12.7 Å². The molecule has 7 nitrogen and oxygen atoms in total. The van der Waals surface area contributed by atoms with E-state index in [0.29, 0.717) is 10.8 Å². The largest absolute Gasteiger partial charge is 0.484 e. The van der Waals surface area contributed by atoms with Gasteiger partial charge in [-0.15, -0.1) is 0 Å². The Balaban J connectivity index is 1.70. The minimum absolute atomic E-state index is 0.180. The predicted molar refractivity (Wildman–Crippen MR) is 96.7 cm³/mol. The summed E-state index contributed by atoms with van der Waals surface area (Å²) in [5.74, 6) is -2.27. The molecule has 0 radical (unpaired) electrons. The van der Waals surface area contributed by atoms with Gasteiger partial charge in [0.2, 0.25) is 0 Å². The van der Waals surface area contributed by atoms with E-state index in [1.54, 1.807) is 25.1 Å². The molecule has 0 aliphatic carbocycles. The first-order valence-electron chi connectivity index (χ1n) is 7.86. The molecule has 0 aliphatic rings. The van der Waals surface area contributed by atoms with E-state index in [1.807, 2.05) is 0 Å². The summed E-state index contributed by atoms with van der Waals surface area (Å²) in [7, 11) is 0. The first-order valence-corrected chi connectivity index (χ1v) is 8.24. The third-order valence-electron chi connectivity index (χ3n) is 3.37. The summed E-state index contributed by atoms with van der Waals surface area (Å²) in [6.07, 6.45) is 0. The fourth-order valence-corrected chi connectivity index (χ4v) is 2.09. The number of hydrogen-bond donors (Lipinski definition) is 3. The molecule has 0 atom stereocenters. The quantitative estimate of drug-likeness (QED) is 0.651. The van der Waals surface area contributed by atoms with Gasteiger partial charge in [-0.2, -0.15) is 0 Å². The smallest absolute Gasteiger partial charge is 0.276 e. The molecule has 3 amide bonds. The summed E-state index contributed by atoms with van der Waals surface area (Å²) in [6, 6.07) is 10.3. The maximum absolute atomic E-state index is 13.5. The summed E-state index contributed by atoms with van der Waals surface area (Å²) in [5.41, 5.74) is 4.87. The highest BCUT2D eigenvalue weighted by molar-refractivity contribution is 6.31. The van der Waals surface area contributed by atoms with Crippen LogP contribution < -0.4 is 20.9 Å². The Morgan fingerprint density at radius 3 is 2.48 bits per heavy atom. The van der Waals surface area contributed by atoms with E-state index in [0.717, 1.165) is 11.6 Å². The van der Waals surface area contributed by atoms with Gasteiger partial charge in [-0.05, 0) is 42.8 Å². The number of carbonyl (C=O) groups is 3. The van der Waals surface area contributed by atoms with Gasteiger partial charge in [-0.1, -0.05) is 23.7 Å². The molecule has 0 fully saturated rings. The summed E-state index contributed by atoms with van der Waals surface area (Å²) < 4.78 is 18.7. The molecule has 9 heteroatoms. The predicted octanol–water partition coefficient (Wildman–Crippen LogP) is 1.74. The van der Waals surface area contributed by atoms with E-state index in [4.69, 9.17) is 16.3 Å². The Bertz CT molecular complexity index is 860. The highest BCUT2D eigenvalue weighted by Crippen LogP contribution is 2.20. The average molecular weight is 394 g/mol. The molecular weight excluding hydrogens is 377 g/mol. The van der Waals surface area contributed by atoms with Crippen LogP contribution in [0.15, 0.2) is 42.5 Å². The highest BCUT2D eigenvalue weighted by Gasteiger charge is 2.12. The van der Waals surface area contributed by atoms with Crippen molar-refractivity contribution >= 4 is 29.3 Å². The summed E-state index contributed by atoms with van der Waals surface area (Å²) in [4.78, 5) is 35.1. The van der Waals surface area contributed by atoms with Gasteiger partial charge in [0.15, 0.2) is 6.61 Å². The molecule has 0 aliphatic heterocycles. The Morgan fingerprint density at radius 1 is 1.07 bits per heavy atom. The van der Waals surface area contributed by atoms with Gasteiger partial charge in [0.1, 0.15) is 11.6 Å². The molecule has 2 rings (SSSR count). The number of nitrogens with one attached hydrogen (secondary N) is 3. The van der Waals surface area contributed by atoms with E-state index in [-0.39, 0.29) is 12.2 Å². The number of halogens is 2. The summed E-state index contributed by atoms with van der Waals surface area (Å²) in [5, 5.41) is 2.83. The Hall–Kier alpha value is -3.13. The molecular formula is C18H17ClFN3O4. The minimum Gasteiger partial charge on any atom is -0.484 e. The molecule has 0 spiro atoms. The fraction of sp³-hybridized carbons (Fsp3) is 0.167. The van der Waals surface area contributed by atoms with Crippen molar-refractivity contribution in [1.29, 1.82) is 0 Å². The molecule has 0 bridgehead atoms. The van der Waals surface area contributed by atoms with E-state index in [2.05, 4.69) is 16.2 Å². The van der Waals surface area contributed by atoms with Crippen LogP contribution in [0.3, 0.4) is 0 Å². The van der Waals surface area contributed by atoms with Gasteiger partial charge in [0.05, 0.1) is 12.1 Å². The van der Waals surface area contributed by atoms with Gasteiger partial charge in [0.25, 0.3) is 17.7 Å². The maximum atomic E-state index is 13.5. The Labute approximate surface area is 159 Å². The number of rotatable bonds is 6. The lowest BCUT2D eigenvalue weighted by Crippen LogP contribution is -2.47. The van der Waals surface area contributed by atoms with Crippen molar-refractivity contribution in [2.24, 2.45) is 0 Å². The van der Waals surface area contributed by atoms with Crippen LogP contribution in [0.25, 0.3) is 0 Å². The molecule has 2 aromatic rings. The summed E-state index contributed by atoms with van der Waals surface area (Å²) >= 11 is 5.89. The lowest BCUT2D eigenvalue weighted by molar-refractivity contribution is -0.129. The molecule has 0 saturated heterocycles. The van der Waals surface area contributed by atoms with Crippen molar-refractivity contribution in [3.05, 3.63) is 64.4 Å². The van der Waals surface area contributed by atoms with Crippen LogP contribution in [0.2, 0.25) is 5.02 Å². The third-order valence-corrected chi connectivity index (χ3v) is 3.79. The number of amides is 3. The Kier molecular flexibility index (Phi) is 7.13. The highest BCUT2D eigenvalue weighted by atomic mass is 35.5. The standard InChI is InChI=1S/C18H17ClFN3O4/c1-11-8-12(6-7-14(11)19)27-10-17(25)23-22-16(24)9-21-18(26)13-4-2-3-5-15(13)20/h2-8H,9-10H2,1H3,(H,21,26)(H,22,24)(H,23,25). The third kappa shape index (κ3) is 6.27. The molecule has 27 heavy (non-hydrogen) atoms. The fourth-order valence-electron chi connectivity index (χ4n) is 1.98. The zero-order valence-electron chi connectivity index (χ0n) is 14.3. The monoisotopic (exact) mass is 393 g/mol. The van der Waals surface area contributed by atoms with Crippen molar-refractivity contribution in [3.63, 3.8) is 0 Å². The first kappa shape index (κ1) is 20.2. The minimum atomic E-state index is -0.740. The van der Waals surface area contributed by atoms with E-state index in [9.17, 15) is 18.8 Å². The second-order valence-electron chi connectivity index (χ2n) is 5.46.